The van der Waals surface area contributed by atoms with Gasteiger partial charge in [-0.1, -0.05) is 72.3 Å². The lowest BCUT2D eigenvalue weighted by molar-refractivity contribution is -0.138. The first-order chi connectivity index (χ1) is 17.1. The van der Waals surface area contributed by atoms with Gasteiger partial charge in [-0.15, -0.1) is 0 Å². The van der Waals surface area contributed by atoms with Crippen molar-refractivity contribution in [2.24, 2.45) is 5.73 Å². The largest absolute Gasteiger partial charge is 0.416 e. The molecule has 1 unspecified atom stereocenters. The monoisotopic (exact) mass is 516 g/mol. The molecule has 36 heavy (non-hydrogen) atoms. The number of rotatable bonds is 6. The Hall–Kier alpha value is -3.89. The molecule has 1 atom stereocenters. The molecule has 0 aliphatic rings. The van der Waals surface area contributed by atoms with Crippen molar-refractivity contribution in [1.82, 2.24) is 13.7 Å². The van der Waals surface area contributed by atoms with Gasteiger partial charge in [0.25, 0.3) is 0 Å². The summed E-state index contributed by atoms with van der Waals surface area (Å²) < 4.78 is 42.8. The van der Waals surface area contributed by atoms with Gasteiger partial charge in [0.05, 0.1) is 29.4 Å². The number of hydrogen-bond donors (Lipinski definition) is 1. The molecule has 2 N–H and O–H groups in total. The average molecular weight is 517 g/mol. The van der Waals surface area contributed by atoms with Crippen LogP contribution in [0.3, 0.4) is 0 Å². The Bertz CT molecular complexity index is 1580. The molecule has 0 saturated heterocycles. The smallest absolute Gasteiger partial charge is 0.322 e. The number of benzene rings is 3. The maximum atomic E-state index is 13.6. The van der Waals surface area contributed by atoms with Gasteiger partial charge in [0, 0.05) is 6.04 Å². The van der Waals surface area contributed by atoms with Crippen LogP contribution in [-0.2, 0) is 19.3 Å². The zero-order valence-corrected chi connectivity index (χ0v) is 19.4. The van der Waals surface area contributed by atoms with Gasteiger partial charge < -0.3 is 5.73 Å². The van der Waals surface area contributed by atoms with E-state index in [0.29, 0.717) is 14.7 Å². The van der Waals surface area contributed by atoms with Crippen molar-refractivity contribution in [3.05, 3.63) is 132 Å². The number of nitrogens with zero attached hydrogens (tertiary/aromatic N) is 3. The zero-order chi connectivity index (χ0) is 26.0. The van der Waals surface area contributed by atoms with Gasteiger partial charge in [0.2, 0.25) is 0 Å². The summed E-state index contributed by atoms with van der Waals surface area (Å²) in [6, 6.07) is 18.4. The van der Waals surface area contributed by atoms with E-state index >= 15 is 0 Å². The quantitative estimate of drug-likeness (QED) is 0.424. The number of para-hydroxylation sites is 1. The van der Waals surface area contributed by atoms with E-state index in [4.69, 9.17) is 17.3 Å². The minimum atomic E-state index is -4.72. The van der Waals surface area contributed by atoms with Crippen molar-refractivity contribution in [2.45, 2.75) is 25.3 Å². The fourth-order valence-corrected chi connectivity index (χ4v) is 4.09. The third-order valence-electron chi connectivity index (χ3n) is 5.66. The van der Waals surface area contributed by atoms with Crippen molar-refractivity contribution in [2.75, 3.05) is 0 Å². The molecule has 0 amide bonds. The average Bonchev–Trinajstić information content (AvgIpc) is 2.85. The standard InChI is InChI=1S/C25H20ClF3N4O3/c26-19-12-6-7-13-21(19)33-23(35)31(14-17-10-4-5-11-18(17)25(27,28)29)22(34)32(24(33)36)15-20(30)16-8-2-1-3-9-16/h1-13,20H,14-15,30H2. The van der Waals surface area contributed by atoms with E-state index in [1.54, 1.807) is 36.4 Å². The summed E-state index contributed by atoms with van der Waals surface area (Å²) in [5, 5.41) is 0.0384. The van der Waals surface area contributed by atoms with Crippen LogP contribution in [0.1, 0.15) is 22.7 Å². The van der Waals surface area contributed by atoms with Crippen LogP contribution in [0.4, 0.5) is 13.2 Å². The zero-order valence-electron chi connectivity index (χ0n) is 18.7. The first-order valence-electron chi connectivity index (χ1n) is 10.8. The predicted molar refractivity (Wildman–Crippen MR) is 129 cm³/mol. The second-order valence-corrected chi connectivity index (χ2v) is 8.41. The van der Waals surface area contributed by atoms with Gasteiger partial charge in [0.1, 0.15) is 0 Å². The normalized spacial score (nSPS) is 12.5. The molecule has 3 aromatic carbocycles. The molecule has 11 heteroatoms. The van der Waals surface area contributed by atoms with E-state index in [1.807, 2.05) is 0 Å². The summed E-state index contributed by atoms with van der Waals surface area (Å²) in [7, 11) is 0. The molecule has 0 aliphatic carbocycles. The van der Waals surface area contributed by atoms with Crippen molar-refractivity contribution in [3.8, 4) is 5.69 Å². The van der Waals surface area contributed by atoms with Crippen LogP contribution in [0.5, 0.6) is 0 Å². The molecule has 0 fully saturated rings. The van der Waals surface area contributed by atoms with Crippen molar-refractivity contribution >= 4 is 11.6 Å². The molecule has 186 valence electrons. The number of hydrogen-bond acceptors (Lipinski definition) is 4. The molecule has 7 nitrogen and oxygen atoms in total. The minimum Gasteiger partial charge on any atom is -0.322 e. The number of aromatic nitrogens is 3. The Morgan fingerprint density at radius 1 is 0.778 bits per heavy atom. The first-order valence-corrected chi connectivity index (χ1v) is 11.1. The Morgan fingerprint density at radius 2 is 1.36 bits per heavy atom. The Labute approximate surface area is 207 Å². The molecule has 4 aromatic rings. The Kier molecular flexibility index (Phi) is 7.00. The first kappa shape index (κ1) is 25.2. The van der Waals surface area contributed by atoms with E-state index < -0.39 is 41.4 Å². The molecule has 1 aromatic heterocycles. The van der Waals surface area contributed by atoms with Crippen LogP contribution < -0.4 is 22.8 Å². The lowest BCUT2D eigenvalue weighted by Gasteiger charge is -2.19. The molecule has 0 aliphatic heterocycles. The molecule has 0 bridgehead atoms. The highest BCUT2D eigenvalue weighted by Crippen LogP contribution is 2.32. The summed E-state index contributed by atoms with van der Waals surface area (Å²) in [6.07, 6.45) is -4.72. The van der Waals surface area contributed by atoms with Crippen LogP contribution >= 0.6 is 11.6 Å². The highest BCUT2D eigenvalue weighted by molar-refractivity contribution is 6.32. The summed E-state index contributed by atoms with van der Waals surface area (Å²) in [5.41, 5.74) is 2.30. The van der Waals surface area contributed by atoms with Crippen LogP contribution in [0.25, 0.3) is 5.69 Å². The van der Waals surface area contributed by atoms with Crippen LogP contribution in [0, 0.1) is 0 Å². The molecule has 1 heterocycles. The van der Waals surface area contributed by atoms with Crippen LogP contribution in [0.15, 0.2) is 93.2 Å². The Morgan fingerprint density at radius 3 is 2.03 bits per heavy atom. The van der Waals surface area contributed by atoms with E-state index in [0.717, 1.165) is 10.6 Å². The highest BCUT2D eigenvalue weighted by atomic mass is 35.5. The van der Waals surface area contributed by atoms with Gasteiger partial charge >= 0.3 is 23.2 Å². The predicted octanol–water partition coefficient (Wildman–Crippen LogP) is 3.58. The van der Waals surface area contributed by atoms with E-state index in [9.17, 15) is 27.6 Å². The van der Waals surface area contributed by atoms with E-state index in [2.05, 4.69) is 0 Å². The number of halogens is 4. The minimum absolute atomic E-state index is 0.0194. The van der Waals surface area contributed by atoms with Crippen LogP contribution in [-0.4, -0.2) is 13.7 Å². The number of alkyl halides is 3. The third-order valence-corrected chi connectivity index (χ3v) is 5.98. The summed E-state index contributed by atoms with van der Waals surface area (Å²) >= 11 is 6.23. The van der Waals surface area contributed by atoms with Gasteiger partial charge in [-0.2, -0.15) is 13.2 Å². The third kappa shape index (κ3) is 4.91. The SMILES string of the molecule is NC(Cn1c(=O)n(Cc2ccccc2C(F)(F)F)c(=O)n(-c2ccccc2Cl)c1=O)c1ccccc1. The fraction of sp³-hybridized carbons (Fsp3) is 0.160. The van der Waals surface area contributed by atoms with Crippen molar-refractivity contribution in [3.63, 3.8) is 0 Å². The molecule has 0 saturated carbocycles. The molecule has 0 spiro atoms. The molecular formula is C25H20ClF3N4O3. The van der Waals surface area contributed by atoms with E-state index in [-0.39, 0.29) is 22.8 Å². The highest BCUT2D eigenvalue weighted by Gasteiger charge is 2.33. The van der Waals surface area contributed by atoms with Gasteiger partial charge in [-0.25, -0.2) is 28.1 Å². The topological polar surface area (TPSA) is 92.0 Å². The molecule has 0 radical (unpaired) electrons. The molecular weight excluding hydrogens is 497 g/mol. The summed E-state index contributed by atoms with van der Waals surface area (Å²) in [6.45, 7) is -1.05. The maximum Gasteiger partial charge on any atom is 0.416 e. The lowest BCUT2D eigenvalue weighted by Crippen LogP contribution is -2.55. The maximum absolute atomic E-state index is 13.6. The number of nitrogens with two attached hydrogens (primary N) is 1. The second-order valence-electron chi connectivity index (χ2n) is 8.00. The van der Waals surface area contributed by atoms with Crippen LogP contribution in [0.2, 0.25) is 5.02 Å². The van der Waals surface area contributed by atoms with Gasteiger partial charge in [-0.05, 0) is 29.3 Å². The van der Waals surface area contributed by atoms with E-state index in [1.165, 1.54) is 36.4 Å². The van der Waals surface area contributed by atoms with Crippen molar-refractivity contribution < 1.29 is 13.2 Å². The molecule has 4 rings (SSSR count). The fourth-order valence-electron chi connectivity index (χ4n) is 3.87. The second kappa shape index (κ2) is 10.00. The van der Waals surface area contributed by atoms with Gasteiger partial charge in [0.15, 0.2) is 0 Å². The lowest BCUT2D eigenvalue weighted by atomic mass is 10.1. The Balaban J connectivity index is 1.95. The van der Waals surface area contributed by atoms with Crippen molar-refractivity contribution in [1.29, 1.82) is 0 Å². The summed E-state index contributed by atoms with van der Waals surface area (Å²) in [5.74, 6) is 0. The van der Waals surface area contributed by atoms with Gasteiger partial charge in [-0.3, -0.25) is 0 Å². The summed E-state index contributed by atoms with van der Waals surface area (Å²) in [4.78, 5) is 40.1.